The lowest BCUT2D eigenvalue weighted by Crippen LogP contribution is -2.32. The number of benzene rings is 2. The van der Waals surface area contributed by atoms with Crippen LogP contribution in [0.2, 0.25) is 0 Å². The zero-order valence-electron chi connectivity index (χ0n) is 16.6. The van der Waals surface area contributed by atoms with Gasteiger partial charge in [-0.3, -0.25) is 4.79 Å². The first-order chi connectivity index (χ1) is 13.7. The van der Waals surface area contributed by atoms with Crippen molar-refractivity contribution in [3.05, 3.63) is 89.0 Å². The Labute approximate surface area is 170 Å². The summed E-state index contributed by atoms with van der Waals surface area (Å²) in [6, 6.07) is 16.3. The van der Waals surface area contributed by atoms with Crippen molar-refractivity contribution in [2.24, 2.45) is 0 Å². The van der Waals surface area contributed by atoms with Gasteiger partial charge in [0.25, 0.3) is 0 Å². The molecular formula is C22H23FN2O3S. The smallest absolute Gasteiger partial charge is 0.243 e. The summed E-state index contributed by atoms with van der Waals surface area (Å²) in [6.07, 6.45) is 0. The van der Waals surface area contributed by atoms with Crippen molar-refractivity contribution in [2.45, 2.75) is 25.3 Å². The maximum atomic E-state index is 13.1. The van der Waals surface area contributed by atoms with Crippen LogP contribution >= 0.6 is 0 Å². The highest BCUT2D eigenvalue weighted by molar-refractivity contribution is 7.89. The zero-order chi connectivity index (χ0) is 21.2. The highest BCUT2D eigenvalue weighted by Crippen LogP contribution is 2.20. The van der Waals surface area contributed by atoms with Crippen LogP contribution in [-0.2, 0) is 16.6 Å². The van der Waals surface area contributed by atoms with E-state index in [0.717, 1.165) is 33.4 Å². The third-order valence-electron chi connectivity index (χ3n) is 4.95. The van der Waals surface area contributed by atoms with E-state index in [0.29, 0.717) is 12.1 Å². The molecule has 0 amide bonds. The molecule has 0 spiro atoms. The van der Waals surface area contributed by atoms with E-state index in [9.17, 15) is 17.6 Å². The van der Waals surface area contributed by atoms with Crippen molar-refractivity contribution >= 4 is 15.8 Å². The van der Waals surface area contributed by atoms with E-state index < -0.39 is 15.8 Å². The van der Waals surface area contributed by atoms with Gasteiger partial charge < -0.3 is 4.57 Å². The number of sulfonamides is 1. The van der Waals surface area contributed by atoms with Crippen LogP contribution in [0.4, 0.5) is 4.39 Å². The molecule has 0 bridgehead atoms. The molecule has 29 heavy (non-hydrogen) atoms. The van der Waals surface area contributed by atoms with E-state index in [1.807, 2.05) is 48.7 Å². The molecular weight excluding hydrogens is 391 g/mol. The predicted molar refractivity (Wildman–Crippen MR) is 110 cm³/mol. The van der Waals surface area contributed by atoms with Crippen LogP contribution in [0, 0.1) is 19.7 Å². The van der Waals surface area contributed by atoms with Gasteiger partial charge in [0.1, 0.15) is 5.82 Å². The van der Waals surface area contributed by atoms with Crippen LogP contribution in [-0.4, -0.2) is 36.7 Å². The highest BCUT2D eigenvalue weighted by atomic mass is 32.2. The van der Waals surface area contributed by atoms with Crippen LogP contribution in [0.1, 0.15) is 27.3 Å². The Morgan fingerprint density at radius 3 is 2.28 bits per heavy atom. The maximum Gasteiger partial charge on any atom is 0.243 e. The lowest BCUT2D eigenvalue weighted by molar-refractivity contribution is 0.0972. The fourth-order valence-electron chi connectivity index (χ4n) is 3.25. The molecule has 152 valence electrons. The molecule has 0 radical (unpaired) electrons. The molecule has 0 unspecified atom stereocenters. The molecule has 1 aromatic heterocycles. The molecule has 0 saturated carbocycles. The third-order valence-corrected chi connectivity index (χ3v) is 6.76. The number of carbonyl (C=O) groups is 1. The van der Waals surface area contributed by atoms with E-state index in [2.05, 4.69) is 0 Å². The number of carbonyl (C=O) groups excluding carboxylic acids is 1. The Morgan fingerprint density at radius 2 is 1.66 bits per heavy atom. The molecule has 2 aromatic carbocycles. The van der Waals surface area contributed by atoms with Gasteiger partial charge in [-0.25, -0.2) is 12.8 Å². The van der Waals surface area contributed by atoms with E-state index in [-0.39, 0.29) is 17.2 Å². The fourth-order valence-corrected chi connectivity index (χ4v) is 4.38. The largest absolute Gasteiger partial charge is 0.344 e. The number of Topliss-reactive ketones (excluding diaryl/α,β-unsaturated/α-hetero) is 1. The zero-order valence-corrected chi connectivity index (χ0v) is 17.4. The summed E-state index contributed by atoms with van der Waals surface area (Å²) >= 11 is 0. The number of nitrogens with zero attached hydrogens (tertiary/aromatic N) is 2. The molecule has 0 fully saturated rings. The van der Waals surface area contributed by atoms with Gasteiger partial charge in [-0.1, -0.05) is 30.3 Å². The number of aryl methyl sites for hydroxylation is 1. The van der Waals surface area contributed by atoms with Crippen LogP contribution in [0.5, 0.6) is 0 Å². The second-order valence-electron chi connectivity index (χ2n) is 6.99. The first-order valence-electron chi connectivity index (χ1n) is 9.16. The van der Waals surface area contributed by atoms with Crippen LogP contribution < -0.4 is 0 Å². The van der Waals surface area contributed by atoms with E-state index >= 15 is 0 Å². The Bertz CT molecular complexity index is 1120. The van der Waals surface area contributed by atoms with Gasteiger partial charge in [0, 0.05) is 30.5 Å². The molecule has 5 nitrogen and oxygen atoms in total. The molecule has 0 N–H and O–H groups in total. The fraction of sp³-hybridized carbons (Fsp3) is 0.227. The van der Waals surface area contributed by atoms with Crippen molar-refractivity contribution in [2.75, 3.05) is 13.6 Å². The van der Waals surface area contributed by atoms with Gasteiger partial charge in [0.15, 0.2) is 5.78 Å². The standard InChI is InChI=1S/C22H23FN2O3S/c1-16-13-21(17(2)25(16)14-18-7-5-4-6-8-18)22(26)15-24(3)29(27,28)20-11-9-19(23)10-12-20/h4-13H,14-15H2,1-3H3. The summed E-state index contributed by atoms with van der Waals surface area (Å²) in [5.74, 6) is -0.806. The van der Waals surface area contributed by atoms with Crippen molar-refractivity contribution in [3.63, 3.8) is 0 Å². The van der Waals surface area contributed by atoms with Gasteiger partial charge >= 0.3 is 0 Å². The number of hydrogen-bond acceptors (Lipinski definition) is 3. The molecule has 0 aliphatic heterocycles. The second kappa shape index (κ2) is 8.31. The average molecular weight is 415 g/mol. The molecule has 0 aliphatic carbocycles. The molecule has 1 heterocycles. The number of ketones is 1. The van der Waals surface area contributed by atoms with Crippen molar-refractivity contribution in [1.29, 1.82) is 0 Å². The Kier molecular flexibility index (Phi) is 6.00. The van der Waals surface area contributed by atoms with Crippen molar-refractivity contribution < 1.29 is 17.6 Å². The van der Waals surface area contributed by atoms with Crippen LogP contribution in [0.15, 0.2) is 65.6 Å². The first kappa shape index (κ1) is 21.0. The van der Waals surface area contributed by atoms with Gasteiger partial charge in [-0.15, -0.1) is 0 Å². The minimum Gasteiger partial charge on any atom is -0.344 e. The Morgan fingerprint density at radius 1 is 1.03 bits per heavy atom. The highest BCUT2D eigenvalue weighted by Gasteiger charge is 2.25. The molecule has 3 aromatic rings. The maximum absolute atomic E-state index is 13.1. The summed E-state index contributed by atoms with van der Waals surface area (Å²) in [5.41, 5.74) is 3.34. The normalized spacial score (nSPS) is 11.8. The number of halogens is 1. The summed E-state index contributed by atoms with van der Waals surface area (Å²) < 4.78 is 41.4. The van der Waals surface area contributed by atoms with Gasteiger partial charge in [0.05, 0.1) is 11.4 Å². The minimum absolute atomic E-state index is 0.0521. The van der Waals surface area contributed by atoms with Crippen LogP contribution in [0.3, 0.4) is 0 Å². The van der Waals surface area contributed by atoms with Crippen molar-refractivity contribution in [1.82, 2.24) is 8.87 Å². The molecule has 0 atom stereocenters. The number of rotatable bonds is 7. The first-order valence-corrected chi connectivity index (χ1v) is 10.6. The lowest BCUT2D eigenvalue weighted by Gasteiger charge is -2.16. The molecule has 0 saturated heterocycles. The lowest BCUT2D eigenvalue weighted by atomic mass is 10.1. The summed E-state index contributed by atoms with van der Waals surface area (Å²) in [4.78, 5) is 12.8. The summed E-state index contributed by atoms with van der Waals surface area (Å²) in [5, 5.41) is 0. The third kappa shape index (κ3) is 4.46. The SMILES string of the molecule is Cc1cc(C(=O)CN(C)S(=O)(=O)c2ccc(F)cc2)c(C)n1Cc1ccccc1. The van der Waals surface area contributed by atoms with Crippen molar-refractivity contribution in [3.8, 4) is 0 Å². The monoisotopic (exact) mass is 414 g/mol. The quantitative estimate of drug-likeness (QED) is 0.553. The van der Waals surface area contributed by atoms with E-state index in [1.165, 1.54) is 19.2 Å². The number of likely N-dealkylation sites (N-methyl/N-ethyl adjacent to an activating group) is 1. The van der Waals surface area contributed by atoms with E-state index in [4.69, 9.17) is 0 Å². The topological polar surface area (TPSA) is 59.4 Å². The Hall–Kier alpha value is -2.77. The van der Waals surface area contributed by atoms with Crippen LogP contribution in [0.25, 0.3) is 0 Å². The minimum atomic E-state index is -3.88. The number of aromatic nitrogens is 1. The Balaban J connectivity index is 1.80. The van der Waals surface area contributed by atoms with Gasteiger partial charge in [-0.2, -0.15) is 4.31 Å². The van der Waals surface area contributed by atoms with Gasteiger partial charge in [-0.05, 0) is 49.7 Å². The van der Waals surface area contributed by atoms with E-state index in [1.54, 1.807) is 6.07 Å². The second-order valence-corrected chi connectivity index (χ2v) is 9.04. The number of hydrogen-bond donors (Lipinski definition) is 0. The molecule has 3 rings (SSSR count). The molecule has 7 heteroatoms. The predicted octanol–water partition coefficient (Wildman–Crippen LogP) is 3.80. The molecule has 0 aliphatic rings. The summed E-state index contributed by atoms with van der Waals surface area (Å²) in [7, 11) is -2.54. The average Bonchev–Trinajstić information content (AvgIpc) is 2.97. The summed E-state index contributed by atoms with van der Waals surface area (Å²) in [6.45, 7) is 4.12. The van der Waals surface area contributed by atoms with Gasteiger partial charge in [0.2, 0.25) is 10.0 Å².